The number of nitrogens with zero attached hydrogens (tertiary/aromatic N) is 3. The van der Waals surface area contributed by atoms with Gasteiger partial charge in [-0.1, -0.05) is 59.3 Å². The summed E-state index contributed by atoms with van der Waals surface area (Å²) in [4.78, 5) is 25.5. The predicted octanol–water partition coefficient (Wildman–Crippen LogP) is 6.39. The number of esters is 1. The molecule has 1 N–H and O–H groups in total. The number of carbonyl (C=O) groups is 2. The van der Waals surface area contributed by atoms with E-state index in [1.165, 1.54) is 42.3 Å². The second kappa shape index (κ2) is 12.9. The number of benzene rings is 2. The molecule has 2 heterocycles. The Morgan fingerprint density at radius 2 is 2.00 bits per heavy atom. The number of hydrogen-bond acceptors (Lipinski definition) is 8. The number of rotatable bonds is 11. The van der Waals surface area contributed by atoms with Crippen molar-refractivity contribution in [1.29, 1.82) is 0 Å². The third-order valence-corrected chi connectivity index (χ3v) is 7.64. The fourth-order valence-electron chi connectivity index (χ4n) is 3.57. The average Bonchev–Trinajstić information content (AvgIpc) is 3.51. The maximum atomic E-state index is 13.3. The SMILES string of the molecule is C=CCn1c(COc2ccc(F)cc2Cl)nnc1SCC(=O)Nc1scc(-c2ccc(C)cc2)c1C(=O)OC. The number of halogens is 2. The molecular formula is C27H24ClFN4O4S2. The van der Waals surface area contributed by atoms with E-state index in [-0.39, 0.29) is 23.3 Å². The summed E-state index contributed by atoms with van der Waals surface area (Å²) < 4.78 is 25.7. The molecule has 2 aromatic heterocycles. The minimum Gasteiger partial charge on any atom is -0.484 e. The van der Waals surface area contributed by atoms with Crippen LogP contribution in [-0.2, 0) is 22.7 Å². The lowest BCUT2D eigenvalue weighted by Gasteiger charge is -2.10. The number of amides is 1. The number of ether oxygens (including phenoxy) is 2. The van der Waals surface area contributed by atoms with Gasteiger partial charge < -0.3 is 14.8 Å². The van der Waals surface area contributed by atoms with Crippen LogP contribution < -0.4 is 10.1 Å². The summed E-state index contributed by atoms with van der Waals surface area (Å²) in [5, 5.41) is 14.0. The third-order valence-electron chi connectivity index (χ3n) is 5.48. The summed E-state index contributed by atoms with van der Waals surface area (Å²) in [5.41, 5.74) is 2.93. The van der Waals surface area contributed by atoms with Gasteiger partial charge in [-0.2, -0.15) is 0 Å². The Kier molecular flexibility index (Phi) is 9.39. The molecule has 8 nitrogen and oxygen atoms in total. The van der Waals surface area contributed by atoms with Crippen LogP contribution in [0, 0.1) is 12.7 Å². The van der Waals surface area contributed by atoms with Gasteiger partial charge in [0.25, 0.3) is 0 Å². The number of methoxy groups -OCH3 is 1. The number of carbonyl (C=O) groups excluding carboxylic acids is 2. The van der Waals surface area contributed by atoms with E-state index in [0.29, 0.717) is 39.4 Å². The number of hydrogen-bond donors (Lipinski definition) is 1. The lowest BCUT2D eigenvalue weighted by molar-refractivity contribution is -0.113. The zero-order valence-electron chi connectivity index (χ0n) is 21.1. The largest absolute Gasteiger partial charge is 0.484 e. The minimum atomic E-state index is -0.536. The molecular weight excluding hydrogens is 563 g/mol. The molecule has 0 radical (unpaired) electrons. The van der Waals surface area contributed by atoms with Crippen LogP contribution in [-0.4, -0.2) is 39.5 Å². The smallest absolute Gasteiger partial charge is 0.341 e. The maximum absolute atomic E-state index is 13.3. The molecule has 2 aromatic carbocycles. The Labute approximate surface area is 237 Å². The van der Waals surface area contributed by atoms with E-state index < -0.39 is 11.8 Å². The molecule has 4 rings (SSSR count). The van der Waals surface area contributed by atoms with Gasteiger partial charge in [0.2, 0.25) is 5.91 Å². The van der Waals surface area contributed by atoms with Crippen LogP contribution in [0.5, 0.6) is 5.75 Å². The molecule has 0 bridgehead atoms. The van der Waals surface area contributed by atoms with Crippen LogP contribution in [0.25, 0.3) is 11.1 Å². The summed E-state index contributed by atoms with van der Waals surface area (Å²) in [5.74, 6) is -0.530. The Morgan fingerprint density at radius 1 is 1.23 bits per heavy atom. The summed E-state index contributed by atoms with van der Waals surface area (Å²) in [6, 6.07) is 11.6. The van der Waals surface area contributed by atoms with Crippen molar-refractivity contribution in [3.63, 3.8) is 0 Å². The Balaban J connectivity index is 1.45. The molecule has 0 fully saturated rings. The van der Waals surface area contributed by atoms with Crippen molar-refractivity contribution < 1.29 is 23.5 Å². The van der Waals surface area contributed by atoms with Crippen molar-refractivity contribution >= 4 is 51.6 Å². The summed E-state index contributed by atoms with van der Waals surface area (Å²) in [7, 11) is 1.30. The molecule has 4 aromatic rings. The van der Waals surface area contributed by atoms with E-state index in [4.69, 9.17) is 21.1 Å². The Bertz CT molecular complexity index is 1500. The fraction of sp³-hybridized carbons (Fsp3) is 0.185. The van der Waals surface area contributed by atoms with Crippen molar-refractivity contribution in [3.05, 3.63) is 88.3 Å². The molecule has 0 aliphatic heterocycles. The molecule has 0 unspecified atom stereocenters. The Morgan fingerprint density at radius 3 is 2.69 bits per heavy atom. The highest BCUT2D eigenvalue weighted by Gasteiger charge is 2.23. The first-order chi connectivity index (χ1) is 18.8. The van der Waals surface area contributed by atoms with Gasteiger partial charge in [0.1, 0.15) is 28.7 Å². The fourth-order valence-corrected chi connectivity index (χ4v) is 5.53. The highest BCUT2D eigenvalue weighted by Crippen LogP contribution is 2.36. The van der Waals surface area contributed by atoms with Crippen molar-refractivity contribution in [2.45, 2.75) is 25.2 Å². The van der Waals surface area contributed by atoms with Crippen molar-refractivity contribution in [2.24, 2.45) is 0 Å². The predicted molar refractivity (Wildman–Crippen MR) is 151 cm³/mol. The van der Waals surface area contributed by atoms with Gasteiger partial charge in [0.05, 0.1) is 17.9 Å². The first kappa shape index (κ1) is 28.3. The lowest BCUT2D eigenvalue weighted by Crippen LogP contribution is -2.16. The quantitative estimate of drug-likeness (QED) is 0.124. The molecule has 0 saturated heterocycles. The minimum absolute atomic E-state index is 0.0122. The van der Waals surface area contributed by atoms with E-state index in [2.05, 4.69) is 22.1 Å². The summed E-state index contributed by atoms with van der Waals surface area (Å²) in [6.07, 6.45) is 1.67. The molecule has 0 aliphatic carbocycles. The van der Waals surface area contributed by atoms with Crippen molar-refractivity contribution in [3.8, 4) is 16.9 Å². The van der Waals surface area contributed by atoms with Crippen LogP contribution in [0.3, 0.4) is 0 Å². The van der Waals surface area contributed by atoms with Gasteiger partial charge in [-0.3, -0.25) is 9.36 Å². The van der Waals surface area contributed by atoms with Gasteiger partial charge in [0, 0.05) is 17.5 Å². The molecule has 12 heteroatoms. The topological polar surface area (TPSA) is 95.3 Å². The van der Waals surface area contributed by atoms with Gasteiger partial charge in [-0.05, 0) is 30.7 Å². The average molecular weight is 587 g/mol. The monoisotopic (exact) mass is 586 g/mol. The number of nitrogens with one attached hydrogen (secondary N) is 1. The first-order valence-electron chi connectivity index (χ1n) is 11.6. The third kappa shape index (κ3) is 6.86. The molecule has 0 aliphatic rings. The number of aromatic nitrogens is 3. The van der Waals surface area contributed by atoms with E-state index in [0.717, 1.165) is 17.2 Å². The van der Waals surface area contributed by atoms with Crippen LogP contribution in [0.2, 0.25) is 5.02 Å². The molecule has 0 saturated carbocycles. The van der Waals surface area contributed by atoms with E-state index >= 15 is 0 Å². The van der Waals surface area contributed by atoms with Crippen LogP contribution in [0.1, 0.15) is 21.7 Å². The highest BCUT2D eigenvalue weighted by atomic mass is 35.5. The molecule has 39 heavy (non-hydrogen) atoms. The normalized spacial score (nSPS) is 10.8. The van der Waals surface area contributed by atoms with E-state index in [9.17, 15) is 14.0 Å². The zero-order valence-corrected chi connectivity index (χ0v) is 23.5. The lowest BCUT2D eigenvalue weighted by atomic mass is 10.0. The Hall–Kier alpha value is -3.67. The maximum Gasteiger partial charge on any atom is 0.341 e. The van der Waals surface area contributed by atoms with Gasteiger partial charge in [0.15, 0.2) is 11.0 Å². The second-order valence-electron chi connectivity index (χ2n) is 8.21. The number of allylic oxidation sites excluding steroid dienone is 1. The number of thiophene rings is 1. The van der Waals surface area contributed by atoms with Crippen molar-refractivity contribution in [1.82, 2.24) is 14.8 Å². The van der Waals surface area contributed by atoms with Crippen molar-refractivity contribution in [2.75, 3.05) is 18.2 Å². The van der Waals surface area contributed by atoms with E-state index in [1.54, 1.807) is 10.6 Å². The molecule has 0 spiro atoms. The summed E-state index contributed by atoms with van der Waals surface area (Å²) >= 11 is 8.46. The molecule has 0 atom stereocenters. The second-order valence-corrected chi connectivity index (χ2v) is 10.4. The first-order valence-corrected chi connectivity index (χ1v) is 13.8. The van der Waals surface area contributed by atoms with Gasteiger partial charge in [-0.25, -0.2) is 9.18 Å². The van der Waals surface area contributed by atoms with Gasteiger partial charge in [-0.15, -0.1) is 28.1 Å². The van der Waals surface area contributed by atoms with E-state index in [1.807, 2.05) is 36.6 Å². The van der Waals surface area contributed by atoms with Crippen LogP contribution in [0.15, 0.2) is 65.7 Å². The standard InChI is InChI=1S/C27H24ClFN4O4S2/c1-4-11-33-22(13-37-21-10-9-18(29)12-20(21)28)31-32-27(33)39-15-23(34)30-25-24(26(35)36-3)19(14-38-25)17-7-5-16(2)6-8-17/h4-10,12,14H,1,11,13,15H2,2-3H3,(H,30,34). The molecule has 1 amide bonds. The number of aryl methyl sites for hydroxylation is 1. The van der Waals surface area contributed by atoms with Crippen LogP contribution in [0.4, 0.5) is 9.39 Å². The van der Waals surface area contributed by atoms with Gasteiger partial charge >= 0.3 is 5.97 Å². The highest BCUT2D eigenvalue weighted by molar-refractivity contribution is 7.99. The van der Waals surface area contributed by atoms with Crippen LogP contribution >= 0.6 is 34.7 Å². The zero-order chi connectivity index (χ0) is 27.9. The summed E-state index contributed by atoms with van der Waals surface area (Å²) in [6.45, 7) is 6.15. The number of anilines is 1. The number of thioether (sulfide) groups is 1. The molecule has 202 valence electrons.